The van der Waals surface area contributed by atoms with Crippen molar-refractivity contribution in [3.8, 4) is 0 Å². The van der Waals surface area contributed by atoms with Gasteiger partial charge in [-0.05, 0) is 56.9 Å². The first-order valence-corrected chi connectivity index (χ1v) is 7.36. The van der Waals surface area contributed by atoms with Crippen LogP contribution >= 0.6 is 0 Å². The second kappa shape index (κ2) is 5.05. The highest BCUT2D eigenvalue weighted by molar-refractivity contribution is 4.84. The largest absolute Gasteiger partial charge is 0.313 e. The molecule has 2 heteroatoms. The minimum Gasteiger partial charge on any atom is -0.313 e. The van der Waals surface area contributed by atoms with Gasteiger partial charge in [-0.2, -0.15) is 0 Å². The topological polar surface area (TPSA) is 15.3 Å². The molecule has 3 rings (SSSR count). The van der Waals surface area contributed by atoms with Gasteiger partial charge in [-0.25, -0.2) is 0 Å². The third-order valence-electron chi connectivity index (χ3n) is 4.60. The van der Waals surface area contributed by atoms with Crippen LogP contribution in [-0.4, -0.2) is 37.1 Å². The van der Waals surface area contributed by atoms with Crippen molar-refractivity contribution in [2.24, 2.45) is 11.8 Å². The summed E-state index contributed by atoms with van der Waals surface area (Å²) in [4.78, 5) is 2.78. The highest BCUT2D eigenvalue weighted by atomic mass is 15.2. The van der Waals surface area contributed by atoms with E-state index in [1.165, 1.54) is 71.1 Å². The molecular weight excluding hydrogens is 196 g/mol. The van der Waals surface area contributed by atoms with Crippen molar-refractivity contribution in [3.63, 3.8) is 0 Å². The molecule has 0 radical (unpaired) electrons. The maximum absolute atomic E-state index is 3.65. The van der Waals surface area contributed by atoms with Gasteiger partial charge in [0.2, 0.25) is 0 Å². The maximum Gasteiger partial charge on any atom is 0.0195 e. The van der Waals surface area contributed by atoms with Crippen LogP contribution in [0.1, 0.15) is 44.9 Å². The Balaban J connectivity index is 1.45. The van der Waals surface area contributed by atoms with E-state index in [1.807, 2.05) is 0 Å². The van der Waals surface area contributed by atoms with Crippen molar-refractivity contribution < 1.29 is 0 Å². The smallest absolute Gasteiger partial charge is 0.0195 e. The lowest BCUT2D eigenvalue weighted by Crippen LogP contribution is -2.42. The van der Waals surface area contributed by atoms with Crippen LogP contribution < -0.4 is 5.32 Å². The molecule has 0 aromatic heterocycles. The first kappa shape index (κ1) is 11.0. The van der Waals surface area contributed by atoms with Crippen LogP contribution in [0.3, 0.4) is 0 Å². The zero-order chi connectivity index (χ0) is 10.8. The van der Waals surface area contributed by atoms with Gasteiger partial charge in [-0.15, -0.1) is 0 Å². The summed E-state index contributed by atoms with van der Waals surface area (Å²) in [5.41, 5.74) is 0. The molecule has 2 saturated carbocycles. The first-order chi connectivity index (χ1) is 7.90. The normalized spacial score (nSPS) is 30.9. The third-order valence-corrected chi connectivity index (χ3v) is 4.60. The Morgan fingerprint density at radius 2 is 1.56 bits per heavy atom. The van der Waals surface area contributed by atoms with Crippen molar-refractivity contribution in [2.45, 2.75) is 51.0 Å². The minimum absolute atomic E-state index is 0.804. The van der Waals surface area contributed by atoms with Crippen molar-refractivity contribution in [2.75, 3.05) is 26.2 Å². The minimum atomic E-state index is 0.804. The molecule has 16 heavy (non-hydrogen) atoms. The van der Waals surface area contributed by atoms with Gasteiger partial charge in [0, 0.05) is 25.7 Å². The van der Waals surface area contributed by atoms with E-state index in [0.717, 1.165) is 17.9 Å². The molecule has 1 atom stereocenters. The van der Waals surface area contributed by atoms with Gasteiger partial charge in [-0.1, -0.05) is 6.42 Å². The van der Waals surface area contributed by atoms with E-state index >= 15 is 0 Å². The van der Waals surface area contributed by atoms with E-state index in [4.69, 9.17) is 0 Å². The second-order valence-corrected chi connectivity index (χ2v) is 6.25. The SMILES string of the molecule is C1CC(CN(CC2CC2)CC2CCCN2)C1. The molecule has 1 N–H and O–H groups in total. The lowest BCUT2D eigenvalue weighted by molar-refractivity contribution is 0.161. The predicted octanol–water partition coefficient (Wildman–Crippen LogP) is 2.25. The van der Waals surface area contributed by atoms with Gasteiger partial charge in [0.1, 0.15) is 0 Å². The van der Waals surface area contributed by atoms with Crippen LogP contribution in [0.25, 0.3) is 0 Å². The lowest BCUT2D eigenvalue weighted by atomic mass is 9.85. The molecule has 92 valence electrons. The molecule has 0 spiro atoms. The Kier molecular flexibility index (Phi) is 3.49. The van der Waals surface area contributed by atoms with Crippen molar-refractivity contribution in [1.82, 2.24) is 10.2 Å². The van der Waals surface area contributed by atoms with Crippen LogP contribution in [0.2, 0.25) is 0 Å². The zero-order valence-electron chi connectivity index (χ0n) is 10.5. The fraction of sp³-hybridized carbons (Fsp3) is 1.00. The Morgan fingerprint density at radius 3 is 2.06 bits per heavy atom. The van der Waals surface area contributed by atoms with Gasteiger partial charge in [0.15, 0.2) is 0 Å². The molecule has 3 fully saturated rings. The molecular formula is C14H26N2. The number of nitrogens with one attached hydrogen (secondary N) is 1. The molecule has 0 amide bonds. The van der Waals surface area contributed by atoms with E-state index in [2.05, 4.69) is 10.2 Å². The Hall–Kier alpha value is -0.0800. The predicted molar refractivity (Wildman–Crippen MR) is 67.5 cm³/mol. The van der Waals surface area contributed by atoms with E-state index < -0.39 is 0 Å². The molecule has 3 aliphatic rings. The van der Waals surface area contributed by atoms with Crippen LogP contribution in [0.5, 0.6) is 0 Å². The van der Waals surface area contributed by atoms with Crippen LogP contribution in [0.4, 0.5) is 0 Å². The fourth-order valence-electron chi connectivity index (χ4n) is 3.15. The maximum atomic E-state index is 3.65. The average Bonchev–Trinajstić information content (AvgIpc) is 2.87. The first-order valence-electron chi connectivity index (χ1n) is 7.36. The molecule has 1 saturated heterocycles. The van der Waals surface area contributed by atoms with Crippen molar-refractivity contribution >= 4 is 0 Å². The molecule has 1 aliphatic heterocycles. The van der Waals surface area contributed by atoms with Crippen LogP contribution in [-0.2, 0) is 0 Å². The molecule has 2 aliphatic carbocycles. The summed E-state index contributed by atoms with van der Waals surface area (Å²) in [6.45, 7) is 5.38. The highest BCUT2D eigenvalue weighted by Crippen LogP contribution is 2.32. The van der Waals surface area contributed by atoms with Gasteiger partial charge in [0.25, 0.3) is 0 Å². The van der Waals surface area contributed by atoms with E-state index in [-0.39, 0.29) is 0 Å². The molecule has 0 aromatic rings. The Labute approximate surface area is 99.8 Å². The second-order valence-electron chi connectivity index (χ2n) is 6.25. The number of hydrogen-bond acceptors (Lipinski definition) is 2. The fourth-order valence-corrected chi connectivity index (χ4v) is 3.15. The van der Waals surface area contributed by atoms with Gasteiger partial charge in [-0.3, -0.25) is 0 Å². The number of hydrogen-bond donors (Lipinski definition) is 1. The average molecular weight is 222 g/mol. The number of nitrogens with zero attached hydrogens (tertiary/aromatic N) is 1. The summed E-state index contributed by atoms with van der Waals surface area (Å²) >= 11 is 0. The monoisotopic (exact) mass is 222 g/mol. The summed E-state index contributed by atoms with van der Waals surface area (Å²) in [5, 5.41) is 3.65. The molecule has 0 bridgehead atoms. The molecule has 2 nitrogen and oxygen atoms in total. The zero-order valence-corrected chi connectivity index (χ0v) is 10.5. The Morgan fingerprint density at radius 1 is 0.812 bits per heavy atom. The van der Waals surface area contributed by atoms with Crippen molar-refractivity contribution in [1.29, 1.82) is 0 Å². The van der Waals surface area contributed by atoms with Crippen LogP contribution in [0.15, 0.2) is 0 Å². The van der Waals surface area contributed by atoms with E-state index in [9.17, 15) is 0 Å². The lowest BCUT2D eigenvalue weighted by Gasteiger charge is -2.33. The van der Waals surface area contributed by atoms with E-state index in [1.54, 1.807) is 0 Å². The summed E-state index contributed by atoms with van der Waals surface area (Å²) in [5.74, 6) is 2.10. The summed E-state index contributed by atoms with van der Waals surface area (Å²) in [7, 11) is 0. The summed E-state index contributed by atoms with van der Waals surface area (Å²) in [6.07, 6.45) is 10.3. The van der Waals surface area contributed by atoms with Gasteiger partial charge >= 0.3 is 0 Å². The highest BCUT2D eigenvalue weighted by Gasteiger charge is 2.29. The summed E-state index contributed by atoms with van der Waals surface area (Å²) < 4.78 is 0. The van der Waals surface area contributed by atoms with Gasteiger partial charge < -0.3 is 10.2 Å². The van der Waals surface area contributed by atoms with Crippen LogP contribution in [0, 0.1) is 11.8 Å². The van der Waals surface area contributed by atoms with Crippen molar-refractivity contribution in [3.05, 3.63) is 0 Å². The molecule has 0 aromatic carbocycles. The quantitative estimate of drug-likeness (QED) is 0.741. The third kappa shape index (κ3) is 2.98. The molecule has 1 unspecified atom stereocenters. The van der Waals surface area contributed by atoms with Gasteiger partial charge in [0.05, 0.1) is 0 Å². The Bertz CT molecular complexity index is 215. The molecule has 1 heterocycles. The standard InChI is InChI=1S/C14H26N2/c1-3-12(4-1)9-16(10-13-6-7-13)11-14-5-2-8-15-14/h12-15H,1-11H2. The van der Waals surface area contributed by atoms with E-state index in [0.29, 0.717) is 0 Å². The summed E-state index contributed by atoms with van der Waals surface area (Å²) in [6, 6.07) is 0.804. The number of rotatable bonds is 6.